The molecule has 2 aromatic heterocycles. The van der Waals surface area contributed by atoms with Crippen LogP contribution in [0.1, 0.15) is 23.4 Å². The maximum Gasteiger partial charge on any atom is 0.241 e. The highest BCUT2D eigenvalue weighted by molar-refractivity contribution is 7.09. The number of aryl methyl sites for hydroxylation is 1. The van der Waals surface area contributed by atoms with Crippen molar-refractivity contribution < 1.29 is 4.79 Å². The summed E-state index contributed by atoms with van der Waals surface area (Å²) < 4.78 is 1.64. The van der Waals surface area contributed by atoms with E-state index in [-0.39, 0.29) is 11.9 Å². The lowest BCUT2D eigenvalue weighted by Crippen LogP contribution is -2.40. The van der Waals surface area contributed by atoms with Gasteiger partial charge in [-0.25, -0.2) is 0 Å². The van der Waals surface area contributed by atoms with Crippen LogP contribution in [0.2, 0.25) is 0 Å². The number of rotatable bonds is 5. The van der Waals surface area contributed by atoms with Crippen LogP contribution in [0.25, 0.3) is 0 Å². The summed E-state index contributed by atoms with van der Waals surface area (Å²) in [6, 6.07) is 3.47. The zero-order valence-electron chi connectivity index (χ0n) is 11.0. The van der Waals surface area contributed by atoms with E-state index in [1.807, 2.05) is 18.4 Å². The third-order valence-electron chi connectivity index (χ3n) is 2.84. The van der Waals surface area contributed by atoms with Crippen molar-refractivity contribution in [2.24, 2.45) is 12.8 Å². The Bertz CT molecular complexity index is 535. The normalized spacial score (nSPS) is 14.1. The minimum atomic E-state index is -0.667. The second-order valence-corrected chi connectivity index (χ2v) is 5.65. The summed E-state index contributed by atoms with van der Waals surface area (Å²) in [7, 11) is 1.80. The first kappa shape index (κ1) is 13.8. The second kappa shape index (κ2) is 5.99. The fraction of sp³-hybridized carbons (Fsp3) is 0.385. The molecule has 0 radical (unpaired) electrons. The largest absolute Gasteiger partial charge is 0.352 e. The van der Waals surface area contributed by atoms with E-state index in [1.54, 1.807) is 35.5 Å². The standard InChI is InChI=1S/C13H18N4OS/c1-9(6-11-4-3-5-19-11)16-13(18)12(14)10-7-15-17(2)8-10/h3-5,7-9,12H,6,14H2,1-2H3,(H,16,18). The number of hydrogen-bond donors (Lipinski definition) is 2. The van der Waals surface area contributed by atoms with Gasteiger partial charge in [-0.1, -0.05) is 6.07 Å². The lowest BCUT2D eigenvalue weighted by Gasteiger charge is -2.16. The molecule has 0 bridgehead atoms. The maximum absolute atomic E-state index is 12.0. The van der Waals surface area contributed by atoms with Gasteiger partial charge in [0.25, 0.3) is 0 Å². The highest BCUT2D eigenvalue weighted by Crippen LogP contribution is 2.12. The molecule has 6 heteroatoms. The van der Waals surface area contributed by atoms with Gasteiger partial charge in [-0.15, -0.1) is 11.3 Å². The molecule has 3 N–H and O–H groups in total. The van der Waals surface area contributed by atoms with Gasteiger partial charge < -0.3 is 11.1 Å². The van der Waals surface area contributed by atoms with Gasteiger partial charge in [0.1, 0.15) is 6.04 Å². The number of thiophene rings is 1. The first-order valence-electron chi connectivity index (χ1n) is 6.13. The Morgan fingerprint density at radius 3 is 3.00 bits per heavy atom. The van der Waals surface area contributed by atoms with E-state index in [9.17, 15) is 4.79 Å². The maximum atomic E-state index is 12.0. The van der Waals surface area contributed by atoms with Gasteiger partial charge in [-0.05, 0) is 18.4 Å². The summed E-state index contributed by atoms with van der Waals surface area (Å²) in [4.78, 5) is 13.3. The molecule has 0 saturated heterocycles. The van der Waals surface area contributed by atoms with E-state index in [1.165, 1.54) is 4.88 Å². The van der Waals surface area contributed by atoms with Gasteiger partial charge in [0, 0.05) is 36.1 Å². The first-order chi connectivity index (χ1) is 9.06. The first-order valence-corrected chi connectivity index (χ1v) is 7.01. The lowest BCUT2D eigenvalue weighted by molar-refractivity contribution is -0.123. The van der Waals surface area contributed by atoms with Crippen molar-refractivity contribution in [1.82, 2.24) is 15.1 Å². The van der Waals surface area contributed by atoms with Gasteiger partial charge >= 0.3 is 0 Å². The van der Waals surface area contributed by atoms with Crippen LogP contribution in [0.4, 0.5) is 0 Å². The molecule has 19 heavy (non-hydrogen) atoms. The molecule has 0 aromatic carbocycles. The van der Waals surface area contributed by atoms with E-state index < -0.39 is 6.04 Å². The van der Waals surface area contributed by atoms with Crippen LogP contribution in [0.15, 0.2) is 29.9 Å². The number of nitrogens with one attached hydrogen (secondary N) is 1. The Labute approximate surface area is 116 Å². The summed E-state index contributed by atoms with van der Waals surface area (Å²) in [5, 5.41) is 8.98. The Hall–Kier alpha value is -1.66. The summed E-state index contributed by atoms with van der Waals surface area (Å²) in [6.45, 7) is 1.98. The zero-order chi connectivity index (χ0) is 13.8. The number of nitrogens with zero attached hydrogens (tertiary/aromatic N) is 2. The van der Waals surface area contributed by atoms with Crippen molar-refractivity contribution in [2.45, 2.75) is 25.4 Å². The molecule has 0 aliphatic heterocycles. The molecular weight excluding hydrogens is 260 g/mol. The van der Waals surface area contributed by atoms with Crippen molar-refractivity contribution in [1.29, 1.82) is 0 Å². The van der Waals surface area contributed by atoms with Crippen LogP contribution < -0.4 is 11.1 Å². The molecule has 2 atom stereocenters. The molecule has 0 spiro atoms. The Morgan fingerprint density at radius 1 is 1.63 bits per heavy atom. The number of carbonyl (C=O) groups is 1. The van der Waals surface area contributed by atoms with Gasteiger partial charge in [-0.2, -0.15) is 5.10 Å². The lowest BCUT2D eigenvalue weighted by atomic mass is 10.1. The van der Waals surface area contributed by atoms with E-state index >= 15 is 0 Å². The monoisotopic (exact) mass is 278 g/mol. The minimum absolute atomic E-state index is 0.0638. The SMILES string of the molecule is CC(Cc1cccs1)NC(=O)C(N)c1cnn(C)c1. The topological polar surface area (TPSA) is 72.9 Å². The van der Waals surface area contributed by atoms with E-state index in [4.69, 9.17) is 5.73 Å². The van der Waals surface area contributed by atoms with Gasteiger partial charge in [0.2, 0.25) is 5.91 Å². The molecule has 0 aliphatic rings. The van der Waals surface area contributed by atoms with Crippen LogP contribution in [0, 0.1) is 0 Å². The summed E-state index contributed by atoms with van der Waals surface area (Å²) >= 11 is 1.69. The molecule has 2 aromatic rings. The second-order valence-electron chi connectivity index (χ2n) is 4.62. The third kappa shape index (κ3) is 3.65. The van der Waals surface area contributed by atoms with Crippen molar-refractivity contribution in [2.75, 3.05) is 0 Å². The molecule has 5 nitrogen and oxygen atoms in total. The molecule has 0 saturated carbocycles. The van der Waals surface area contributed by atoms with Crippen molar-refractivity contribution in [3.63, 3.8) is 0 Å². The molecule has 2 heterocycles. The van der Waals surface area contributed by atoms with Crippen molar-refractivity contribution in [3.05, 3.63) is 40.3 Å². The molecular formula is C13H18N4OS. The molecule has 2 unspecified atom stereocenters. The van der Waals surface area contributed by atoms with Gasteiger partial charge in [-0.3, -0.25) is 9.48 Å². The summed E-state index contributed by atoms with van der Waals surface area (Å²) in [6.07, 6.45) is 4.20. The smallest absolute Gasteiger partial charge is 0.241 e. The van der Waals surface area contributed by atoms with E-state index in [0.29, 0.717) is 0 Å². The van der Waals surface area contributed by atoms with E-state index in [0.717, 1.165) is 12.0 Å². The average Bonchev–Trinajstić information content (AvgIpc) is 2.99. The van der Waals surface area contributed by atoms with Crippen LogP contribution >= 0.6 is 11.3 Å². The minimum Gasteiger partial charge on any atom is -0.352 e. The summed E-state index contributed by atoms with van der Waals surface area (Å²) in [5.41, 5.74) is 6.64. The predicted octanol–water partition coefficient (Wildman–Crippen LogP) is 1.23. The Kier molecular flexibility index (Phi) is 4.34. The third-order valence-corrected chi connectivity index (χ3v) is 3.74. The number of nitrogens with two attached hydrogens (primary N) is 1. The number of aromatic nitrogens is 2. The number of amides is 1. The van der Waals surface area contributed by atoms with Crippen LogP contribution in [-0.4, -0.2) is 21.7 Å². The van der Waals surface area contributed by atoms with Gasteiger partial charge in [0.15, 0.2) is 0 Å². The molecule has 1 amide bonds. The number of carbonyl (C=O) groups excluding carboxylic acids is 1. The average molecular weight is 278 g/mol. The number of hydrogen-bond acceptors (Lipinski definition) is 4. The fourth-order valence-electron chi connectivity index (χ4n) is 1.87. The van der Waals surface area contributed by atoms with Crippen molar-refractivity contribution in [3.8, 4) is 0 Å². The van der Waals surface area contributed by atoms with Crippen LogP contribution in [0.3, 0.4) is 0 Å². The molecule has 2 rings (SSSR count). The summed E-state index contributed by atoms with van der Waals surface area (Å²) in [5.74, 6) is -0.169. The highest BCUT2D eigenvalue weighted by atomic mass is 32.1. The van der Waals surface area contributed by atoms with Gasteiger partial charge in [0.05, 0.1) is 6.20 Å². The predicted molar refractivity (Wildman–Crippen MR) is 75.8 cm³/mol. The van der Waals surface area contributed by atoms with Crippen LogP contribution in [-0.2, 0) is 18.3 Å². The molecule has 0 aliphatic carbocycles. The quantitative estimate of drug-likeness (QED) is 0.864. The van der Waals surface area contributed by atoms with E-state index in [2.05, 4.69) is 16.5 Å². The highest BCUT2D eigenvalue weighted by Gasteiger charge is 2.19. The van der Waals surface area contributed by atoms with Crippen LogP contribution in [0.5, 0.6) is 0 Å². The molecule has 0 fully saturated rings. The van der Waals surface area contributed by atoms with Crippen molar-refractivity contribution >= 4 is 17.2 Å². The Balaban J connectivity index is 1.89. The molecule has 102 valence electrons. The Morgan fingerprint density at radius 2 is 2.42 bits per heavy atom. The fourth-order valence-corrected chi connectivity index (χ4v) is 2.70. The zero-order valence-corrected chi connectivity index (χ0v) is 11.9.